The van der Waals surface area contributed by atoms with Gasteiger partial charge in [-0.3, -0.25) is 10.1 Å². The summed E-state index contributed by atoms with van der Waals surface area (Å²) in [4.78, 5) is 10.2. The van der Waals surface area contributed by atoms with E-state index in [0.717, 1.165) is 11.5 Å². The molecule has 1 aliphatic rings. The second-order valence-corrected chi connectivity index (χ2v) is 6.46. The van der Waals surface area contributed by atoms with Crippen LogP contribution in [0.4, 0.5) is 5.69 Å². The molecule has 0 aromatic heterocycles. The molecule has 0 bridgehead atoms. The van der Waals surface area contributed by atoms with E-state index in [4.69, 9.17) is 14.2 Å². The minimum Gasteiger partial charge on any atom is -0.491 e. The number of hydrogen-bond donors (Lipinski definition) is 2. The average molecular weight is 375 g/mol. The van der Waals surface area contributed by atoms with Gasteiger partial charge < -0.3 is 24.6 Å². The lowest BCUT2D eigenvalue weighted by Crippen LogP contribution is -2.94. The molecule has 1 aliphatic heterocycles. The number of aliphatic hydroxyl groups is 1. The van der Waals surface area contributed by atoms with E-state index in [1.54, 1.807) is 0 Å². The quantitative estimate of drug-likeness (QED) is 0.529. The van der Waals surface area contributed by atoms with Crippen LogP contribution in [0, 0.1) is 10.1 Å². The summed E-state index contributed by atoms with van der Waals surface area (Å²) >= 11 is 0. The van der Waals surface area contributed by atoms with Crippen molar-refractivity contribution in [1.82, 2.24) is 0 Å². The first kappa shape index (κ1) is 18.9. The van der Waals surface area contributed by atoms with E-state index in [1.165, 1.54) is 24.3 Å². The van der Waals surface area contributed by atoms with Crippen molar-refractivity contribution in [3.63, 3.8) is 0 Å². The summed E-state index contributed by atoms with van der Waals surface area (Å²) in [6.07, 6.45) is -0.790. The maximum absolute atomic E-state index is 10.6. The Bertz CT molecular complexity index is 767. The van der Waals surface area contributed by atoms with Gasteiger partial charge in [-0.2, -0.15) is 0 Å². The minimum absolute atomic E-state index is 0.00123. The van der Waals surface area contributed by atoms with Crippen LogP contribution >= 0.6 is 0 Å². The standard InChI is InChI=1S/C19H22N2O6/c1-13(19-12-26-17-4-2-3-5-18(17)27-19)20-10-15(22)11-25-16-8-6-14(7-9-16)21(23)24/h2-9,13,15,19-20,22H,10-12H2,1H3/p+1/t13-,15+,19-/m1/s1. The summed E-state index contributed by atoms with van der Waals surface area (Å²) in [6, 6.07) is 13.4. The molecule has 2 aromatic carbocycles. The summed E-state index contributed by atoms with van der Waals surface area (Å²) in [5.41, 5.74) is 0.00123. The molecule has 0 aliphatic carbocycles. The number of nitro groups is 1. The van der Waals surface area contributed by atoms with Gasteiger partial charge in [0.2, 0.25) is 0 Å². The number of non-ortho nitro benzene ring substituents is 1. The summed E-state index contributed by atoms with van der Waals surface area (Å²) in [5, 5.41) is 22.7. The normalized spacial score (nSPS) is 17.8. The zero-order valence-electron chi connectivity index (χ0n) is 15.0. The van der Waals surface area contributed by atoms with Crippen LogP contribution in [0.5, 0.6) is 17.2 Å². The summed E-state index contributed by atoms with van der Waals surface area (Å²) in [7, 11) is 0. The van der Waals surface area contributed by atoms with Crippen molar-refractivity contribution in [3.8, 4) is 17.2 Å². The van der Waals surface area contributed by atoms with E-state index < -0.39 is 11.0 Å². The first-order valence-electron chi connectivity index (χ1n) is 8.80. The number of quaternary nitrogens is 1. The molecule has 3 N–H and O–H groups in total. The van der Waals surface area contributed by atoms with Gasteiger partial charge in [0.1, 0.15) is 37.7 Å². The highest BCUT2D eigenvalue weighted by Crippen LogP contribution is 2.31. The second-order valence-electron chi connectivity index (χ2n) is 6.46. The van der Waals surface area contributed by atoms with Gasteiger partial charge in [-0.15, -0.1) is 0 Å². The Labute approximate surface area is 156 Å². The van der Waals surface area contributed by atoms with Gasteiger partial charge in [0, 0.05) is 12.1 Å². The van der Waals surface area contributed by atoms with E-state index in [2.05, 4.69) is 0 Å². The number of fused-ring (bicyclic) bond motifs is 1. The third-order valence-corrected chi connectivity index (χ3v) is 4.39. The Morgan fingerprint density at radius 1 is 1.26 bits per heavy atom. The Morgan fingerprint density at radius 2 is 1.96 bits per heavy atom. The number of nitrogens with two attached hydrogens (primary N) is 1. The number of para-hydroxylation sites is 2. The lowest BCUT2D eigenvalue weighted by atomic mass is 10.1. The lowest BCUT2D eigenvalue weighted by Gasteiger charge is -2.29. The number of rotatable bonds is 8. The van der Waals surface area contributed by atoms with Crippen molar-refractivity contribution < 1.29 is 29.6 Å². The molecule has 3 rings (SSSR count). The molecular formula is C19H23N2O6+. The van der Waals surface area contributed by atoms with Crippen molar-refractivity contribution in [2.45, 2.75) is 25.2 Å². The number of hydrogen-bond acceptors (Lipinski definition) is 6. The maximum Gasteiger partial charge on any atom is 0.269 e. The summed E-state index contributed by atoms with van der Waals surface area (Å²) in [5.74, 6) is 1.96. The number of nitrogens with zero attached hydrogens (tertiary/aromatic N) is 1. The van der Waals surface area contributed by atoms with E-state index in [0.29, 0.717) is 18.9 Å². The van der Waals surface area contributed by atoms with Gasteiger partial charge in [0.05, 0.1) is 4.92 Å². The molecule has 0 unspecified atom stereocenters. The molecule has 8 heteroatoms. The highest BCUT2D eigenvalue weighted by Gasteiger charge is 2.28. The fourth-order valence-electron chi connectivity index (χ4n) is 2.74. The van der Waals surface area contributed by atoms with Gasteiger partial charge in [0.25, 0.3) is 5.69 Å². The fraction of sp³-hybridized carbons (Fsp3) is 0.368. The second kappa shape index (κ2) is 8.70. The Kier molecular flexibility index (Phi) is 6.10. The van der Waals surface area contributed by atoms with Crippen LogP contribution in [0.25, 0.3) is 0 Å². The molecule has 0 saturated carbocycles. The first-order chi connectivity index (χ1) is 13.0. The Balaban J connectivity index is 1.41. The molecule has 0 fully saturated rings. The predicted molar refractivity (Wildman–Crippen MR) is 97.2 cm³/mol. The number of ether oxygens (including phenoxy) is 3. The van der Waals surface area contributed by atoms with Crippen LogP contribution in [0.3, 0.4) is 0 Å². The molecule has 0 saturated heterocycles. The van der Waals surface area contributed by atoms with Crippen molar-refractivity contribution in [2.75, 3.05) is 19.8 Å². The molecule has 27 heavy (non-hydrogen) atoms. The van der Waals surface area contributed by atoms with Crippen LogP contribution in [0.1, 0.15) is 6.92 Å². The molecule has 144 valence electrons. The molecular weight excluding hydrogens is 352 g/mol. The van der Waals surface area contributed by atoms with Crippen LogP contribution in [-0.2, 0) is 0 Å². The van der Waals surface area contributed by atoms with Crippen LogP contribution < -0.4 is 19.5 Å². The Hall–Kier alpha value is -2.84. The zero-order chi connectivity index (χ0) is 19.2. The molecule has 0 spiro atoms. The monoisotopic (exact) mass is 375 g/mol. The van der Waals surface area contributed by atoms with Gasteiger partial charge in [-0.1, -0.05) is 12.1 Å². The molecule has 0 amide bonds. The van der Waals surface area contributed by atoms with Crippen molar-refractivity contribution in [1.29, 1.82) is 0 Å². The molecule has 1 heterocycles. The predicted octanol–water partition coefficient (Wildman–Crippen LogP) is 1.13. The van der Waals surface area contributed by atoms with E-state index in [9.17, 15) is 15.2 Å². The zero-order valence-corrected chi connectivity index (χ0v) is 15.0. The molecule has 3 atom stereocenters. The summed E-state index contributed by atoms with van der Waals surface area (Å²) < 4.78 is 17.2. The number of benzene rings is 2. The van der Waals surface area contributed by atoms with Crippen molar-refractivity contribution in [2.24, 2.45) is 0 Å². The van der Waals surface area contributed by atoms with Gasteiger partial charge in [-0.25, -0.2) is 0 Å². The third-order valence-electron chi connectivity index (χ3n) is 4.39. The summed E-state index contributed by atoms with van der Waals surface area (Å²) in [6.45, 7) is 3.03. The van der Waals surface area contributed by atoms with Gasteiger partial charge in [-0.05, 0) is 31.2 Å². The lowest BCUT2D eigenvalue weighted by molar-refractivity contribution is -0.698. The van der Waals surface area contributed by atoms with Crippen LogP contribution in [0.2, 0.25) is 0 Å². The van der Waals surface area contributed by atoms with E-state index in [-0.39, 0.29) is 24.4 Å². The fourth-order valence-corrected chi connectivity index (χ4v) is 2.74. The van der Waals surface area contributed by atoms with Gasteiger partial charge in [0.15, 0.2) is 17.6 Å². The van der Waals surface area contributed by atoms with E-state index in [1.807, 2.05) is 36.5 Å². The highest BCUT2D eigenvalue weighted by atomic mass is 16.6. The third kappa shape index (κ3) is 5.08. The Morgan fingerprint density at radius 3 is 2.67 bits per heavy atom. The molecule has 2 aromatic rings. The van der Waals surface area contributed by atoms with Crippen LogP contribution in [-0.4, -0.2) is 48.0 Å². The van der Waals surface area contributed by atoms with Gasteiger partial charge >= 0.3 is 0 Å². The SMILES string of the molecule is C[C@@H]([NH2+]C[C@H](O)COc1ccc([N+](=O)[O-])cc1)[C@H]1COc2ccccc2O1. The van der Waals surface area contributed by atoms with E-state index >= 15 is 0 Å². The largest absolute Gasteiger partial charge is 0.491 e. The number of aliphatic hydroxyl groups excluding tert-OH is 1. The molecule has 0 radical (unpaired) electrons. The topological polar surface area (TPSA) is 108 Å². The minimum atomic E-state index is -0.681. The average Bonchev–Trinajstić information content (AvgIpc) is 2.70. The highest BCUT2D eigenvalue weighted by molar-refractivity contribution is 5.40. The molecule has 8 nitrogen and oxygen atoms in total. The van der Waals surface area contributed by atoms with Crippen molar-refractivity contribution in [3.05, 3.63) is 58.6 Å². The van der Waals surface area contributed by atoms with Crippen molar-refractivity contribution >= 4 is 5.69 Å². The maximum atomic E-state index is 10.6. The number of nitro benzene ring substituents is 1. The smallest absolute Gasteiger partial charge is 0.269 e. The van der Waals surface area contributed by atoms with Crippen LogP contribution in [0.15, 0.2) is 48.5 Å². The first-order valence-corrected chi connectivity index (χ1v) is 8.80.